The Morgan fingerprint density at radius 2 is 2.11 bits per heavy atom. The standard InChI is InChI=1S/C13H24N4S/c1-9(2)12-17-11(8-18-12)6-7-15-13(14-5)16-10(3)4/h8-10H,6-7H2,1-5H3,(H2,14,15,16). The molecular weight excluding hydrogens is 244 g/mol. The Morgan fingerprint density at radius 3 is 2.61 bits per heavy atom. The van der Waals surface area contributed by atoms with E-state index >= 15 is 0 Å². The summed E-state index contributed by atoms with van der Waals surface area (Å²) in [5.41, 5.74) is 1.16. The van der Waals surface area contributed by atoms with E-state index in [0.29, 0.717) is 12.0 Å². The first-order chi connectivity index (χ1) is 8.52. The summed E-state index contributed by atoms with van der Waals surface area (Å²) in [5, 5.41) is 9.92. The van der Waals surface area contributed by atoms with E-state index in [-0.39, 0.29) is 0 Å². The van der Waals surface area contributed by atoms with Crippen molar-refractivity contribution in [3.63, 3.8) is 0 Å². The molecule has 2 N–H and O–H groups in total. The van der Waals surface area contributed by atoms with E-state index in [1.807, 2.05) is 0 Å². The number of hydrogen-bond donors (Lipinski definition) is 2. The Labute approximate surface area is 114 Å². The molecule has 0 radical (unpaired) electrons. The lowest BCUT2D eigenvalue weighted by molar-refractivity contribution is 0.696. The third kappa shape index (κ3) is 5.04. The van der Waals surface area contributed by atoms with E-state index in [0.717, 1.165) is 24.6 Å². The van der Waals surface area contributed by atoms with Gasteiger partial charge >= 0.3 is 0 Å². The van der Waals surface area contributed by atoms with Gasteiger partial charge in [-0.05, 0) is 13.8 Å². The molecule has 18 heavy (non-hydrogen) atoms. The van der Waals surface area contributed by atoms with Crippen molar-refractivity contribution in [3.05, 3.63) is 16.1 Å². The van der Waals surface area contributed by atoms with Crippen LogP contribution < -0.4 is 10.6 Å². The SMILES string of the molecule is CN=C(NCCc1csc(C(C)C)n1)NC(C)C. The number of nitrogens with one attached hydrogen (secondary N) is 2. The topological polar surface area (TPSA) is 49.3 Å². The Hall–Kier alpha value is -1.10. The lowest BCUT2D eigenvalue weighted by Crippen LogP contribution is -2.41. The van der Waals surface area contributed by atoms with Crippen LogP contribution in [0.5, 0.6) is 0 Å². The number of rotatable bonds is 5. The fourth-order valence-electron chi connectivity index (χ4n) is 1.48. The van der Waals surface area contributed by atoms with Crippen molar-refractivity contribution in [2.45, 2.75) is 46.1 Å². The van der Waals surface area contributed by atoms with Gasteiger partial charge in [0, 0.05) is 37.4 Å². The van der Waals surface area contributed by atoms with Gasteiger partial charge in [-0.2, -0.15) is 0 Å². The van der Waals surface area contributed by atoms with Crippen molar-refractivity contribution in [3.8, 4) is 0 Å². The lowest BCUT2D eigenvalue weighted by atomic mass is 10.2. The second-order valence-electron chi connectivity index (χ2n) is 4.88. The minimum Gasteiger partial charge on any atom is -0.356 e. The van der Waals surface area contributed by atoms with Gasteiger partial charge in [-0.15, -0.1) is 11.3 Å². The van der Waals surface area contributed by atoms with Gasteiger partial charge in [0.05, 0.1) is 10.7 Å². The molecule has 1 aromatic rings. The molecule has 0 aliphatic rings. The zero-order valence-corrected chi connectivity index (χ0v) is 12.8. The lowest BCUT2D eigenvalue weighted by Gasteiger charge is -2.13. The second-order valence-corrected chi connectivity index (χ2v) is 5.77. The first-order valence-electron chi connectivity index (χ1n) is 6.44. The van der Waals surface area contributed by atoms with Crippen LogP contribution in [0, 0.1) is 0 Å². The van der Waals surface area contributed by atoms with E-state index in [2.05, 4.69) is 53.7 Å². The third-order valence-corrected chi connectivity index (χ3v) is 3.58. The molecule has 1 aromatic heterocycles. The molecule has 0 aliphatic carbocycles. The third-order valence-electron chi connectivity index (χ3n) is 2.39. The van der Waals surface area contributed by atoms with Crippen molar-refractivity contribution in [2.24, 2.45) is 4.99 Å². The van der Waals surface area contributed by atoms with Gasteiger partial charge in [-0.1, -0.05) is 13.8 Å². The predicted molar refractivity (Wildman–Crippen MR) is 79.5 cm³/mol. The van der Waals surface area contributed by atoms with Crippen LogP contribution in [0.25, 0.3) is 0 Å². The molecule has 0 amide bonds. The Kier molecular flexibility index (Phi) is 6.12. The smallest absolute Gasteiger partial charge is 0.191 e. The fraction of sp³-hybridized carbons (Fsp3) is 0.692. The number of hydrogen-bond acceptors (Lipinski definition) is 3. The summed E-state index contributed by atoms with van der Waals surface area (Å²) in [7, 11) is 1.79. The van der Waals surface area contributed by atoms with Crippen molar-refractivity contribution in [2.75, 3.05) is 13.6 Å². The summed E-state index contributed by atoms with van der Waals surface area (Å²) in [6, 6.07) is 0.392. The molecular formula is C13H24N4S. The maximum Gasteiger partial charge on any atom is 0.191 e. The molecule has 0 unspecified atom stereocenters. The van der Waals surface area contributed by atoms with Gasteiger partial charge in [0.25, 0.3) is 0 Å². The Bertz CT molecular complexity index is 382. The highest BCUT2D eigenvalue weighted by molar-refractivity contribution is 7.09. The molecule has 0 saturated heterocycles. The highest BCUT2D eigenvalue weighted by atomic mass is 32.1. The molecule has 1 heterocycles. The van der Waals surface area contributed by atoms with Gasteiger partial charge in [0.2, 0.25) is 0 Å². The van der Waals surface area contributed by atoms with Crippen molar-refractivity contribution < 1.29 is 0 Å². The van der Waals surface area contributed by atoms with E-state index in [1.165, 1.54) is 5.01 Å². The summed E-state index contributed by atoms with van der Waals surface area (Å²) in [4.78, 5) is 8.78. The average molecular weight is 268 g/mol. The fourth-order valence-corrected chi connectivity index (χ4v) is 2.35. The zero-order valence-electron chi connectivity index (χ0n) is 11.9. The summed E-state index contributed by atoms with van der Waals surface area (Å²) >= 11 is 1.75. The van der Waals surface area contributed by atoms with Crippen LogP contribution in [0.2, 0.25) is 0 Å². The highest BCUT2D eigenvalue weighted by Crippen LogP contribution is 2.19. The first-order valence-corrected chi connectivity index (χ1v) is 7.32. The molecule has 0 aliphatic heterocycles. The van der Waals surface area contributed by atoms with Gasteiger partial charge < -0.3 is 10.6 Å². The zero-order chi connectivity index (χ0) is 13.5. The second kappa shape index (κ2) is 7.36. The maximum atomic E-state index is 4.61. The molecule has 0 bridgehead atoms. The van der Waals surface area contributed by atoms with E-state index in [4.69, 9.17) is 0 Å². The van der Waals surface area contributed by atoms with Crippen molar-refractivity contribution in [1.29, 1.82) is 0 Å². The number of aromatic nitrogens is 1. The highest BCUT2D eigenvalue weighted by Gasteiger charge is 2.06. The normalized spacial score (nSPS) is 12.3. The van der Waals surface area contributed by atoms with Crippen LogP contribution in [-0.2, 0) is 6.42 Å². The number of aliphatic imine (C=N–C) groups is 1. The Morgan fingerprint density at radius 1 is 1.39 bits per heavy atom. The van der Waals surface area contributed by atoms with Crippen LogP contribution in [-0.4, -0.2) is 30.6 Å². The molecule has 4 nitrogen and oxygen atoms in total. The minimum atomic E-state index is 0.392. The van der Waals surface area contributed by atoms with Crippen LogP contribution >= 0.6 is 11.3 Å². The van der Waals surface area contributed by atoms with Gasteiger partial charge in [0.1, 0.15) is 0 Å². The predicted octanol–water partition coefficient (Wildman–Crippen LogP) is 2.38. The molecule has 0 spiro atoms. The average Bonchev–Trinajstić information content (AvgIpc) is 2.76. The number of thiazole rings is 1. The van der Waals surface area contributed by atoms with Crippen LogP contribution in [0.4, 0.5) is 0 Å². The summed E-state index contributed by atoms with van der Waals surface area (Å²) in [6.45, 7) is 9.41. The Balaban J connectivity index is 2.36. The summed E-state index contributed by atoms with van der Waals surface area (Å²) < 4.78 is 0. The van der Waals surface area contributed by atoms with E-state index < -0.39 is 0 Å². The van der Waals surface area contributed by atoms with E-state index in [1.54, 1.807) is 18.4 Å². The number of nitrogens with zero attached hydrogens (tertiary/aromatic N) is 2. The molecule has 102 valence electrons. The van der Waals surface area contributed by atoms with Gasteiger partial charge in [-0.25, -0.2) is 4.98 Å². The molecule has 0 atom stereocenters. The van der Waals surface area contributed by atoms with Gasteiger partial charge in [0.15, 0.2) is 5.96 Å². The van der Waals surface area contributed by atoms with Crippen LogP contribution in [0.3, 0.4) is 0 Å². The summed E-state index contributed by atoms with van der Waals surface area (Å²) in [5.74, 6) is 1.37. The quantitative estimate of drug-likeness (QED) is 0.637. The molecule has 0 saturated carbocycles. The van der Waals surface area contributed by atoms with Crippen molar-refractivity contribution in [1.82, 2.24) is 15.6 Å². The van der Waals surface area contributed by atoms with Crippen LogP contribution in [0.15, 0.2) is 10.4 Å². The number of guanidine groups is 1. The van der Waals surface area contributed by atoms with E-state index in [9.17, 15) is 0 Å². The molecule has 0 fully saturated rings. The van der Waals surface area contributed by atoms with Gasteiger partial charge in [-0.3, -0.25) is 4.99 Å². The summed E-state index contributed by atoms with van der Waals surface area (Å²) in [6.07, 6.45) is 0.933. The minimum absolute atomic E-state index is 0.392. The largest absolute Gasteiger partial charge is 0.356 e. The van der Waals surface area contributed by atoms with Crippen LogP contribution in [0.1, 0.15) is 44.3 Å². The molecule has 5 heteroatoms. The first kappa shape index (κ1) is 15.0. The molecule has 0 aromatic carbocycles. The van der Waals surface area contributed by atoms with Crippen molar-refractivity contribution >= 4 is 17.3 Å². The molecule has 1 rings (SSSR count). The monoisotopic (exact) mass is 268 g/mol. The maximum absolute atomic E-state index is 4.61.